The number of β-amino-alcohol motifs (C(OH)–C–C–N with tert-alkyl or cyclic N) is 1. The number of likely N-dealkylation sites (tertiary alicyclic amines) is 1. The molecule has 61 heavy (non-hydrogen) atoms. The number of nitrogens with one attached hydrogen (secondary N) is 1. The van der Waals surface area contributed by atoms with Crippen molar-refractivity contribution in [3.05, 3.63) is 93.4 Å². The van der Waals surface area contributed by atoms with Crippen LogP contribution in [0.5, 0.6) is 0 Å². The highest BCUT2D eigenvalue weighted by Crippen LogP contribution is 2.63. The number of nitrogens with zero attached hydrogens (tertiary/aromatic N) is 7. The van der Waals surface area contributed by atoms with E-state index in [0.717, 1.165) is 98.2 Å². The van der Waals surface area contributed by atoms with Gasteiger partial charge < -0.3 is 20.1 Å². The number of carbonyl (C=O) groups excluding carboxylic acids is 1. The summed E-state index contributed by atoms with van der Waals surface area (Å²) in [6.07, 6.45) is 5.61. The number of pyridine rings is 1. The monoisotopic (exact) mass is 852 g/mol. The summed E-state index contributed by atoms with van der Waals surface area (Å²) in [5.41, 5.74) is 5.84. The van der Waals surface area contributed by atoms with E-state index in [9.17, 15) is 28.6 Å². The fourth-order valence-electron chi connectivity index (χ4n) is 10.5. The lowest BCUT2D eigenvalue weighted by molar-refractivity contribution is -0.148. The van der Waals surface area contributed by atoms with Crippen LogP contribution in [0.25, 0.3) is 22.2 Å². The highest BCUT2D eigenvalue weighted by Gasteiger charge is 2.57. The first-order valence-corrected chi connectivity index (χ1v) is 21.6. The van der Waals surface area contributed by atoms with E-state index in [-0.39, 0.29) is 23.4 Å². The SMILES string of the molecule is Cc1c(Nc2nc(C(F)F)nc3cc(CN4CC[C@](C)(O)C4)cnc23)cccc1-c1cccc(CC(=O)c2nc3c(n2C)CCN(CCC24CCC(C(=O)O)(CC2)C4)C3)c1Cl. The minimum absolute atomic E-state index is 0.0546. The smallest absolute Gasteiger partial charge is 0.309 e. The molecule has 0 radical (unpaired) electrons. The number of hydrogen-bond acceptors (Lipinski definition) is 10. The second-order valence-electron chi connectivity index (χ2n) is 18.3. The summed E-state index contributed by atoms with van der Waals surface area (Å²) in [4.78, 5) is 48.2. The molecule has 4 aliphatic rings. The predicted molar refractivity (Wildman–Crippen MR) is 228 cm³/mol. The van der Waals surface area contributed by atoms with E-state index in [1.54, 1.807) is 19.2 Å². The molecule has 320 valence electrons. The van der Waals surface area contributed by atoms with Crippen LogP contribution in [0.2, 0.25) is 5.02 Å². The number of carbonyl (C=O) groups is 2. The van der Waals surface area contributed by atoms with Crippen molar-refractivity contribution < 1.29 is 28.6 Å². The molecule has 1 saturated heterocycles. The van der Waals surface area contributed by atoms with Gasteiger partial charge in [-0.1, -0.05) is 41.9 Å². The molecule has 3 aromatic heterocycles. The molecule has 12 nitrogen and oxygen atoms in total. The molecule has 2 aliphatic carbocycles. The Labute approximate surface area is 358 Å². The second-order valence-corrected chi connectivity index (χ2v) is 18.7. The van der Waals surface area contributed by atoms with Gasteiger partial charge in [0.25, 0.3) is 6.43 Å². The Hall–Kier alpha value is -4.89. The van der Waals surface area contributed by atoms with Crippen LogP contribution < -0.4 is 5.32 Å². The number of halogens is 3. The Balaban J connectivity index is 0.906. The van der Waals surface area contributed by atoms with E-state index in [2.05, 4.69) is 30.1 Å². The van der Waals surface area contributed by atoms with Gasteiger partial charge in [0, 0.05) is 75.8 Å². The molecule has 0 amide bonds. The molecule has 2 saturated carbocycles. The number of aromatic nitrogens is 5. The summed E-state index contributed by atoms with van der Waals surface area (Å²) >= 11 is 7.11. The van der Waals surface area contributed by atoms with Gasteiger partial charge in [-0.3, -0.25) is 24.4 Å². The summed E-state index contributed by atoms with van der Waals surface area (Å²) in [5, 5.41) is 23.9. The van der Waals surface area contributed by atoms with E-state index in [1.165, 1.54) is 0 Å². The highest BCUT2D eigenvalue weighted by atomic mass is 35.5. The molecule has 2 aromatic carbocycles. The van der Waals surface area contributed by atoms with Crippen molar-refractivity contribution in [2.24, 2.45) is 17.9 Å². The van der Waals surface area contributed by atoms with Crippen LogP contribution in [-0.2, 0) is 37.8 Å². The molecule has 0 spiro atoms. The summed E-state index contributed by atoms with van der Waals surface area (Å²) in [6, 6.07) is 13.0. The lowest BCUT2D eigenvalue weighted by atomic mass is 9.80. The third kappa shape index (κ3) is 7.92. The Morgan fingerprint density at radius 1 is 1.00 bits per heavy atom. The molecular formula is C46H51ClF2N8O4. The van der Waals surface area contributed by atoms with Gasteiger partial charge >= 0.3 is 5.97 Å². The Bertz CT molecular complexity index is 2550. The van der Waals surface area contributed by atoms with E-state index < -0.39 is 29.2 Å². The van der Waals surface area contributed by atoms with E-state index in [0.29, 0.717) is 59.2 Å². The van der Waals surface area contributed by atoms with Crippen molar-refractivity contribution in [3.63, 3.8) is 0 Å². The van der Waals surface area contributed by atoms with Gasteiger partial charge in [0.2, 0.25) is 5.78 Å². The molecule has 0 unspecified atom stereocenters. The molecule has 15 heteroatoms. The molecule has 3 N–H and O–H groups in total. The minimum Gasteiger partial charge on any atom is -0.481 e. The number of aliphatic carboxylic acids is 1. The van der Waals surface area contributed by atoms with Gasteiger partial charge in [0.15, 0.2) is 17.5 Å². The summed E-state index contributed by atoms with van der Waals surface area (Å²) in [7, 11) is 1.90. The Morgan fingerprint density at radius 2 is 1.77 bits per heavy atom. The van der Waals surface area contributed by atoms with Crippen LogP contribution >= 0.6 is 11.6 Å². The van der Waals surface area contributed by atoms with Crippen molar-refractivity contribution in [1.82, 2.24) is 34.3 Å². The molecular weight excluding hydrogens is 802 g/mol. The van der Waals surface area contributed by atoms with Crippen molar-refractivity contribution >= 4 is 45.9 Å². The number of hydrogen-bond donors (Lipinski definition) is 3. The van der Waals surface area contributed by atoms with Crippen LogP contribution in [0.1, 0.15) is 103 Å². The van der Waals surface area contributed by atoms with Crippen LogP contribution in [0.4, 0.5) is 20.3 Å². The van der Waals surface area contributed by atoms with E-state index in [4.69, 9.17) is 16.6 Å². The number of imidazole rings is 1. The van der Waals surface area contributed by atoms with Crippen LogP contribution in [0, 0.1) is 17.8 Å². The van der Waals surface area contributed by atoms with Gasteiger partial charge in [-0.15, -0.1) is 0 Å². The fraction of sp³-hybridized carbons (Fsp3) is 0.478. The number of alkyl halides is 2. The first-order chi connectivity index (χ1) is 29.1. The highest BCUT2D eigenvalue weighted by molar-refractivity contribution is 6.34. The number of carboxylic acid groups (broad SMARTS) is 1. The Morgan fingerprint density at radius 3 is 2.49 bits per heavy atom. The molecule has 9 rings (SSSR count). The van der Waals surface area contributed by atoms with Crippen molar-refractivity contribution in [2.75, 3.05) is 31.5 Å². The maximum atomic E-state index is 14.1. The topological polar surface area (TPSA) is 150 Å². The zero-order valence-corrected chi connectivity index (χ0v) is 35.5. The lowest BCUT2D eigenvalue weighted by Gasteiger charge is -2.32. The third-order valence-corrected chi connectivity index (χ3v) is 14.5. The van der Waals surface area contributed by atoms with Gasteiger partial charge in [-0.05, 0) is 105 Å². The van der Waals surface area contributed by atoms with Gasteiger partial charge in [-0.2, -0.15) is 0 Å². The number of ketones is 1. The predicted octanol–water partition coefficient (Wildman–Crippen LogP) is 8.23. The third-order valence-electron chi connectivity index (χ3n) is 14.0. The fourth-order valence-corrected chi connectivity index (χ4v) is 10.8. The number of carboxylic acids is 1. The average Bonchev–Trinajstić information content (AvgIpc) is 3.99. The zero-order valence-electron chi connectivity index (χ0n) is 34.8. The first kappa shape index (κ1) is 41.5. The number of fused-ring (bicyclic) bond motifs is 4. The summed E-state index contributed by atoms with van der Waals surface area (Å²) < 4.78 is 30.2. The van der Waals surface area contributed by atoms with Gasteiger partial charge in [-0.25, -0.2) is 23.7 Å². The average molecular weight is 853 g/mol. The first-order valence-electron chi connectivity index (χ1n) is 21.2. The van der Waals surface area contributed by atoms with Crippen LogP contribution in [0.15, 0.2) is 48.7 Å². The number of Topliss-reactive ketones (excluding diaryl/α,β-unsaturated/α-hetero) is 1. The largest absolute Gasteiger partial charge is 0.481 e. The molecule has 5 aromatic rings. The molecule has 1 atom stereocenters. The van der Waals surface area contributed by atoms with Gasteiger partial charge in [0.05, 0.1) is 27.2 Å². The van der Waals surface area contributed by atoms with Crippen molar-refractivity contribution in [1.29, 1.82) is 0 Å². The molecule has 2 aliphatic heterocycles. The van der Waals surface area contributed by atoms with Gasteiger partial charge in [0.1, 0.15) is 5.52 Å². The quantitative estimate of drug-likeness (QED) is 0.0984. The van der Waals surface area contributed by atoms with Crippen molar-refractivity contribution in [2.45, 2.75) is 96.8 Å². The number of benzene rings is 2. The Kier molecular flexibility index (Phi) is 10.7. The normalized spacial score (nSPS) is 23.9. The molecule has 2 bridgehead atoms. The molecule has 3 fully saturated rings. The second kappa shape index (κ2) is 15.8. The van der Waals surface area contributed by atoms with Crippen molar-refractivity contribution in [3.8, 4) is 11.1 Å². The molecule has 5 heterocycles. The van der Waals surface area contributed by atoms with Crippen LogP contribution in [0.3, 0.4) is 0 Å². The minimum atomic E-state index is -2.90. The number of anilines is 2. The zero-order chi connectivity index (χ0) is 42.8. The number of aliphatic hydroxyl groups is 1. The summed E-state index contributed by atoms with van der Waals surface area (Å²) in [6.45, 7) is 7.86. The number of rotatable bonds is 13. The van der Waals surface area contributed by atoms with E-state index >= 15 is 0 Å². The van der Waals surface area contributed by atoms with Crippen LogP contribution in [-0.4, -0.2) is 88.0 Å². The standard InChI is InChI=1S/C46H51ClF2N8O4/c1-27-30(7-5-9-32(27)51-40-38-33(52-41(54-40)39(48)49)20-28(22-50-38)23-57-18-15-44(2,61)26-57)31-8-4-6-29(37(31)47)21-36(58)42-53-34-24-56(17-10-35(34)55(42)3)19-16-45-11-13-46(25-45,14-12-45)43(59)60/h4-9,20,22,39,61H,10-19,21,23-26H2,1-3H3,(H,59,60)(H,51,52,54)/t44-,45?,46?/m0/s1. The maximum Gasteiger partial charge on any atom is 0.309 e. The lowest BCUT2D eigenvalue weighted by Crippen LogP contribution is -2.34. The maximum absolute atomic E-state index is 14.1. The van der Waals surface area contributed by atoms with E-state index in [1.807, 2.05) is 54.9 Å². The summed E-state index contributed by atoms with van der Waals surface area (Å²) in [5.74, 6) is -0.828.